The number of hydrogen-bond acceptors (Lipinski definition) is 4. The first-order chi connectivity index (χ1) is 8.13. The van der Waals surface area contributed by atoms with E-state index in [1.165, 1.54) is 20.3 Å². The Hall–Kier alpha value is -1.80. The van der Waals surface area contributed by atoms with Gasteiger partial charge in [0.1, 0.15) is 5.82 Å². The van der Waals surface area contributed by atoms with Crippen LogP contribution in [0.5, 0.6) is 11.5 Å². The zero-order valence-electron chi connectivity index (χ0n) is 10.1. The summed E-state index contributed by atoms with van der Waals surface area (Å²) in [5, 5.41) is 11.3. The topological polar surface area (TPSA) is 54.3 Å². The standard InChI is InChI=1S/C12H15FN2O2/c1-8(15-5-4-14)9-6-11(16-2)12(17-3)7-10(9)13/h6-8,15H,5H2,1-3H3/t8-/m1/s1. The second kappa shape index (κ2) is 6.06. The van der Waals surface area contributed by atoms with Crippen molar-refractivity contribution in [2.75, 3.05) is 20.8 Å². The normalized spacial score (nSPS) is 11.7. The minimum atomic E-state index is -0.388. The Morgan fingerprint density at radius 2 is 1.94 bits per heavy atom. The van der Waals surface area contributed by atoms with Crippen LogP contribution in [0.25, 0.3) is 0 Å². The summed E-state index contributed by atoms with van der Waals surface area (Å²) in [6.45, 7) is 1.94. The SMILES string of the molecule is COc1cc(F)c([C@@H](C)NCC#N)cc1OC. The maximum Gasteiger partial charge on any atom is 0.163 e. The molecule has 1 atom stereocenters. The first-order valence-corrected chi connectivity index (χ1v) is 5.15. The molecular weight excluding hydrogens is 223 g/mol. The first-order valence-electron chi connectivity index (χ1n) is 5.15. The van der Waals surface area contributed by atoms with Gasteiger partial charge in [-0.3, -0.25) is 5.32 Å². The molecule has 0 aliphatic carbocycles. The number of nitriles is 1. The molecule has 0 heterocycles. The summed E-state index contributed by atoms with van der Waals surface area (Å²) < 4.78 is 23.9. The molecule has 1 aromatic carbocycles. The van der Waals surface area contributed by atoms with Gasteiger partial charge in [-0.25, -0.2) is 4.39 Å². The van der Waals surface area contributed by atoms with E-state index in [1.807, 2.05) is 6.07 Å². The van der Waals surface area contributed by atoms with Crippen molar-refractivity contribution in [3.05, 3.63) is 23.5 Å². The van der Waals surface area contributed by atoms with Crippen molar-refractivity contribution < 1.29 is 13.9 Å². The highest BCUT2D eigenvalue weighted by atomic mass is 19.1. The maximum atomic E-state index is 13.8. The van der Waals surface area contributed by atoms with Gasteiger partial charge in [-0.05, 0) is 13.0 Å². The second-order valence-electron chi connectivity index (χ2n) is 3.49. The van der Waals surface area contributed by atoms with Crippen LogP contribution in [0.4, 0.5) is 4.39 Å². The number of halogens is 1. The quantitative estimate of drug-likeness (QED) is 0.797. The van der Waals surface area contributed by atoms with Crippen LogP contribution in [-0.4, -0.2) is 20.8 Å². The van der Waals surface area contributed by atoms with E-state index in [9.17, 15) is 4.39 Å². The molecule has 5 heteroatoms. The molecule has 0 spiro atoms. The van der Waals surface area contributed by atoms with Gasteiger partial charge in [0, 0.05) is 17.7 Å². The van der Waals surface area contributed by atoms with Crippen LogP contribution < -0.4 is 14.8 Å². The van der Waals surface area contributed by atoms with E-state index in [4.69, 9.17) is 14.7 Å². The number of methoxy groups -OCH3 is 2. The van der Waals surface area contributed by atoms with Crippen molar-refractivity contribution in [2.45, 2.75) is 13.0 Å². The Bertz CT molecular complexity index is 429. The van der Waals surface area contributed by atoms with E-state index in [0.717, 1.165) is 0 Å². The van der Waals surface area contributed by atoms with Gasteiger partial charge in [0.25, 0.3) is 0 Å². The third-order valence-corrected chi connectivity index (χ3v) is 2.46. The van der Waals surface area contributed by atoms with Crippen molar-refractivity contribution in [1.29, 1.82) is 5.26 Å². The molecule has 0 fully saturated rings. The monoisotopic (exact) mass is 238 g/mol. The third kappa shape index (κ3) is 3.08. The average Bonchev–Trinajstić information content (AvgIpc) is 2.35. The predicted molar refractivity (Wildman–Crippen MR) is 61.5 cm³/mol. The lowest BCUT2D eigenvalue weighted by atomic mass is 10.1. The summed E-state index contributed by atoms with van der Waals surface area (Å²) in [6, 6.07) is 4.53. The summed E-state index contributed by atoms with van der Waals surface area (Å²) in [4.78, 5) is 0. The molecule has 92 valence electrons. The highest BCUT2D eigenvalue weighted by Gasteiger charge is 2.15. The van der Waals surface area contributed by atoms with E-state index < -0.39 is 0 Å². The lowest BCUT2D eigenvalue weighted by Crippen LogP contribution is -2.19. The molecule has 0 aromatic heterocycles. The van der Waals surface area contributed by atoms with E-state index in [-0.39, 0.29) is 18.4 Å². The fraction of sp³-hybridized carbons (Fsp3) is 0.417. The number of rotatable bonds is 5. The van der Waals surface area contributed by atoms with Crippen LogP contribution in [0.15, 0.2) is 12.1 Å². The Morgan fingerprint density at radius 1 is 1.35 bits per heavy atom. The number of ether oxygens (including phenoxy) is 2. The van der Waals surface area contributed by atoms with Gasteiger partial charge >= 0.3 is 0 Å². The molecule has 0 radical (unpaired) electrons. The van der Waals surface area contributed by atoms with E-state index >= 15 is 0 Å². The van der Waals surface area contributed by atoms with Crippen LogP contribution in [0, 0.1) is 17.1 Å². The molecule has 0 aliphatic heterocycles. The van der Waals surface area contributed by atoms with Crippen molar-refractivity contribution >= 4 is 0 Å². The van der Waals surface area contributed by atoms with Gasteiger partial charge in [0.15, 0.2) is 11.5 Å². The molecule has 0 saturated carbocycles. The van der Waals surface area contributed by atoms with Crippen LogP contribution in [-0.2, 0) is 0 Å². The molecular formula is C12H15FN2O2. The van der Waals surface area contributed by atoms with Crippen LogP contribution in [0.1, 0.15) is 18.5 Å². The van der Waals surface area contributed by atoms with Gasteiger partial charge in [-0.2, -0.15) is 5.26 Å². The molecule has 17 heavy (non-hydrogen) atoms. The smallest absolute Gasteiger partial charge is 0.163 e. The zero-order chi connectivity index (χ0) is 12.8. The third-order valence-electron chi connectivity index (χ3n) is 2.46. The summed E-state index contributed by atoms with van der Waals surface area (Å²) >= 11 is 0. The van der Waals surface area contributed by atoms with Gasteiger partial charge < -0.3 is 9.47 Å². The Morgan fingerprint density at radius 3 is 2.47 bits per heavy atom. The highest BCUT2D eigenvalue weighted by molar-refractivity contribution is 5.44. The lowest BCUT2D eigenvalue weighted by molar-refractivity contribution is 0.350. The van der Waals surface area contributed by atoms with E-state index in [2.05, 4.69) is 5.32 Å². The summed E-state index contributed by atoms with van der Waals surface area (Å²) in [7, 11) is 2.95. The molecule has 1 aromatic rings. The number of benzene rings is 1. The van der Waals surface area contributed by atoms with Crippen molar-refractivity contribution in [3.8, 4) is 17.6 Å². The Labute approximate surface area is 100.0 Å². The minimum absolute atomic E-state index is 0.162. The van der Waals surface area contributed by atoms with Crippen LogP contribution in [0.3, 0.4) is 0 Å². The fourth-order valence-corrected chi connectivity index (χ4v) is 1.51. The molecule has 0 saturated heterocycles. The van der Waals surface area contributed by atoms with E-state index in [1.54, 1.807) is 13.0 Å². The number of nitrogens with one attached hydrogen (secondary N) is 1. The van der Waals surface area contributed by atoms with Crippen molar-refractivity contribution in [3.63, 3.8) is 0 Å². The van der Waals surface area contributed by atoms with Crippen molar-refractivity contribution in [2.24, 2.45) is 0 Å². The number of nitrogens with zero attached hydrogens (tertiary/aromatic N) is 1. The largest absolute Gasteiger partial charge is 0.493 e. The van der Waals surface area contributed by atoms with Crippen LogP contribution in [0.2, 0.25) is 0 Å². The van der Waals surface area contributed by atoms with Crippen molar-refractivity contribution in [1.82, 2.24) is 5.32 Å². The second-order valence-corrected chi connectivity index (χ2v) is 3.49. The Kier molecular flexibility index (Phi) is 4.73. The molecule has 1 rings (SSSR count). The molecule has 0 bridgehead atoms. The van der Waals surface area contributed by atoms with Gasteiger partial charge in [0.2, 0.25) is 0 Å². The fourth-order valence-electron chi connectivity index (χ4n) is 1.51. The van der Waals surface area contributed by atoms with E-state index in [0.29, 0.717) is 17.1 Å². The molecule has 4 nitrogen and oxygen atoms in total. The Balaban J connectivity index is 3.04. The average molecular weight is 238 g/mol. The van der Waals surface area contributed by atoms with Gasteiger partial charge in [-0.1, -0.05) is 0 Å². The molecule has 0 unspecified atom stereocenters. The van der Waals surface area contributed by atoms with Gasteiger partial charge in [-0.15, -0.1) is 0 Å². The molecule has 1 N–H and O–H groups in total. The predicted octanol–water partition coefficient (Wildman–Crippen LogP) is 2.02. The molecule has 0 aliphatic rings. The zero-order valence-corrected chi connectivity index (χ0v) is 10.1. The van der Waals surface area contributed by atoms with Gasteiger partial charge in [0.05, 0.1) is 26.8 Å². The lowest BCUT2D eigenvalue weighted by Gasteiger charge is -2.16. The highest BCUT2D eigenvalue weighted by Crippen LogP contribution is 2.32. The summed E-state index contributed by atoms with van der Waals surface area (Å²) in [6.07, 6.45) is 0. The maximum absolute atomic E-state index is 13.8. The summed E-state index contributed by atoms with van der Waals surface area (Å²) in [5.74, 6) is 0.427. The first kappa shape index (κ1) is 13.3. The summed E-state index contributed by atoms with van der Waals surface area (Å²) in [5.41, 5.74) is 0.443. The minimum Gasteiger partial charge on any atom is -0.493 e. The van der Waals surface area contributed by atoms with Crippen LogP contribution >= 0.6 is 0 Å². The molecule has 0 amide bonds. The number of hydrogen-bond donors (Lipinski definition) is 1.